The smallest absolute Gasteiger partial charge is 0.0626 e. The molecule has 1 heterocycles. The summed E-state index contributed by atoms with van der Waals surface area (Å²) in [6.45, 7) is 7.33. The molecule has 0 saturated heterocycles. The Morgan fingerprint density at radius 2 is 2.00 bits per heavy atom. The van der Waals surface area contributed by atoms with Crippen molar-refractivity contribution in [3.8, 4) is 0 Å². The second-order valence-electron chi connectivity index (χ2n) is 3.87. The van der Waals surface area contributed by atoms with Gasteiger partial charge in [-0.25, -0.2) is 0 Å². The van der Waals surface area contributed by atoms with Crippen LogP contribution in [-0.4, -0.2) is 36.9 Å². The van der Waals surface area contributed by atoms with Gasteiger partial charge in [0.05, 0.1) is 5.69 Å². The van der Waals surface area contributed by atoms with Gasteiger partial charge in [-0.05, 0) is 58.9 Å². The average Bonchev–Trinajstić information content (AvgIpc) is 2.54. The van der Waals surface area contributed by atoms with Crippen LogP contribution in [0, 0.1) is 13.8 Å². The largest absolute Gasteiger partial charge is 0.320 e. The lowest BCUT2D eigenvalue weighted by Gasteiger charge is -2.04. The van der Waals surface area contributed by atoms with E-state index < -0.39 is 0 Å². The van der Waals surface area contributed by atoms with Crippen LogP contribution in [0.4, 0.5) is 0 Å². The third-order valence-electron chi connectivity index (χ3n) is 2.61. The first kappa shape index (κ1) is 12.2. The number of hydrogen-bond donors (Lipinski definition) is 3. The summed E-state index contributed by atoms with van der Waals surface area (Å²) in [5.41, 5.74) is 3.69. The van der Waals surface area contributed by atoms with Gasteiger partial charge in [0, 0.05) is 5.69 Å². The van der Waals surface area contributed by atoms with Crippen molar-refractivity contribution in [3.05, 3.63) is 17.0 Å². The first-order valence-electron chi connectivity index (χ1n) is 5.61. The van der Waals surface area contributed by atoms with E-state index in [1.165, 1.54) is 17.7 Å². The van der Waals surface area contributed by atoms with Gasteiger partial charge in [-0.2, -0.15) is 5.10 Å². The van der Waals surface area contributed by atoms with Crippen LogP contribution in [0.1, 0.15) is 23.4 Å². The highest BCUT2D eigenvalue weighted by atomic mass is 15.1. The first-order chi connectivity index (χ1) is 7.25. The molecule has 0 aliphatic rings. The van der Waals surface area contributed by atoms with Crippen LogP contribution in [0.3, 0.4) is 0 Å². The van der Waals surface area contributed by atoms with Crippen molar-refractivity contribution in [1.29, 1.82) is 0 Å². The number of aromatic amines is 1. The molecule has 4 heteroatoms. The Kier molecular flexibility index (Phi) is 5.36. The molecule has 1 rings (SSSR count). The summed E-state index contributed by atoms with van der Waals surface area (Å²) >= 11 is 0. The maximum absolute atomic E-state index is 4.18. The van der Waals surface area contributed by atoms with E-state index in [4.69, 9.17) is 0 Å². The number of H-pyrrole nitrogens is 1. The molecule has 15 heavy (non-hydrogen) atoms. The predicted octanol–water partition coefficient (Wildman–Crippen LogP) is 0.768. The van der Waals surface area contributed by atoms with E-state index >= 15 is 0 Å². The van der Waals surface area contributed by atoms with Crippen LogP contribution < -0.4 is 10.6 Å². The van der Waals surface area contributed by atoms with E-state index in [-0.39, 0.29) is 0 Å². The molecule has 0 saturated carbocycles. The van der Waals surface area contributed by atoms with E-state index in [2.05, 4.69) is 34.7 Å². The van der Waals surface area contributed by atoms with Crippen molar-refractivity contribution in [2.75, 3.05) is 26.7 Å². The SMILES string of the molecule is CNCCCNCCc1c(C)n[nH]c1C. The van der Waals surface area contributed by atoms with Crippen molar-refractivity contribution in [1.82, 2.24) is 20.8 Å². The minimum atomic E-state index is 1.03. The fraction of sp³-hybridized carbons (Fsp3) is 0.727. The third kappa shape index (κ3) is 4.01. The highest BCUT2D eigenvalue weighted by Gasteiger charge is 2.04. The van der Waals surface area contributed by atoms with Crippen molar-refractivity contribution in [2.45, 2.75) is 26.7 Å². The lowest BCUT2D eigenvalue weighted by Crippen LogP contribution is -2.22. The minimum absolute atomic E-state index is 1.03. The molecule has 0 spiro atoms. The van der Waals surface area contributed by atoms with Gasteiger partial charge in [0.2, 0.25) is 0 Å². The molecule has 1 aromatic heterocycles. The number of hydrogen-bond acceptors (Lipinski definition) is 3. The first-order valence-corrected chi connectivity index (χ1v) is 5.61. The molecule has 4 nitrogen and oxygen atoms in total. The number of nitrogens with zero attached hydrogens (tertiary/aromatic N) is 1. The lowest BCUT2D eigenvalue weighted by molar-refractivity contribution is 0.624. The van der Waals surface area contributed by atoms with Gasteiger partial charge in [0.25, 0.3) is 0 Å². The number of aromatic nitrogens is 2. The fourth-order valence-electron chi connectivity index (χ4n) is 1.67. The molecular formula is C11H22N4. The normalized spacial score (nSPS) is 10.9. The van der Waals surface area contributed by atoms with E-state index in [0.717, 1.165) is 31.7 Å². The molecule has 0 radical (unpaired) electrons. The summed E-state index contributed by atoms with van der Waals surface area (Å²) in [5, 5.41) is 13.8. The van der Waals surface area contributed by atoms with Gasteiger partial charge in [-0.15, -0.1) is 0 Å². The van der Waals surface area contributed by atoms with Gasteiger partial charge in [0.15, 0.2) is 0 Å². The van der Waals surface area contributed by atoms with Crippen molar-refractivity contribution < 1.29 is 0 Å². The van der Waals surface area contributed by atoms with Crippen LogP contribution in [0.2, 0.25) is 0 Å². The maximum atomic E-state index is 4.18. The lowest BCUT2D eigenvalue weighted by atomic mass is 10.1. The van der Waals surface area contributed by atoms with E-state index in [1.807, 2.05) is 7.05 Å². The molecule has 3 N–H and O–H groups in total. The topological polar surface area (TPSA) is 52.7 Å². The standard InChI is InChI=1S/C11H22N4/c1-9-11(10(2)15-14-9)5-8-13-7-4-6-12-3/h12-13H,4-8H2,1-3H3,(H,14,15). The summed E-state index contributed by atoms with van der Waals surface area (Å²) in [6.07, 6.45) is 2.24. The molecule has 1 aromatic rings. The Morgan fingerprint density at radius 3 is 2.60 bits per heavy atom. The maximum Gasteiger partial charge on any atom is 0.0626 e. The Balaban J connectivity index is 2.15. The highest BCUT2D eigenvalue weighted by molar-refractivity contribution is 5.23. The molecule has 0 atom stereocenters. The van der Waals surface area contributed by atoms with Crippen LogP contribution in [0.5, 0.6) is 0 Å². The van der Waals surface area contributed by atoms with E-state index in [9.17, 15) is 0 Å². The van der Waals surface area contributed by atoms with E-state index in [0.29, 0.717) is 0 Å². The van der Waals surface area contributed by atoms with Gasteiger partial charge in [-0.3, -0.25) is 5.10 Å². The number of aryl methyl sites for hydroxylation is 2. The third-order valence-corrected chi connectivity index (χ3v) is 2.61. The van der Waals surface area contributed by atoms with Gasteiger partial charge in [-0.1, -0.05) is 0 Å². The van der Waals surface area contributed by atoms with Crippen LogP contribution in [-0.2, 0) is 6.42 Å². The van der Waals surface area contributed by atoms with Gasteiger partial charge >= 0.3 is 0 Å². The highest BCUT2D eigenvalue weighted by Crippen LogP contribution is 2.08. The summed E-state index contributed by atoms with van der Waals surface area (Å²) in [4.78, 5) is 0. The van der Waals surface area contributed by atoms with Crippen LogP contribution in [0.15, 0.2) is 0 Å². The minimum Gasteiger partial charge on any atom is -0.320 e. The van der Waals surface area contributed by atoms with Crippen LogP contribution >= 0.6 is 0 Å². The molecule has 0 aliphatic heterocycles. The molecule has 86 valence electrons. The summed E-state index contributed by atoms with van der Waals surface area (Å²) in [6, 6.07) is 0. The zero-order valence-electron chi connectivity index (χ0n) is 9.98. The number of nitrogens with one attached hydrogen (secondary N) is 3. The monoisotopic (exact) mass is 210 g/mol. The molecule has 0 amide bonds. The molecule has 0 aliphatic carbocycles. The van der Waals surface area contributed by atoms with Crippen molar-refractivity contribution in [2.24, 2.45) is 0 Å². The molecular weight excluding hydrogens is 188 g/mol. The molecule has 0 fully saturated rings. The zero-order valence-corrected chi connectivity index (χ0v) is 9.98. The zero-order chi connectivity index (χ0) is 11.1. The average molecular weight is 210 g/mol. The Morgan fingerprint density at radius 1 is 1.20 bits per heavy atom. The Hall–Kier alpha value is -0.870. The van der Waals surface area contributed by atoms with Crippen molar-refractivity contribution >= 4 is 0 Å². The van der Waals surface area contributed by atoms with E-state index in [1.54, 1.807) is 0 Å². The van der Waals surface area contributed by atoms with Gasteiger partial charge in [0.1, 0.15) is 0 Å². The second-order valence-corrected chi connectivity index (χ2v) is 3.87. The Bertz CT molecular complexity index is 261. The molecule has 0 bridgehead atoms. The molecule has 0 unspecified atom stereocenters. The predicted molar refractivity (Wildman–Crippen MR) is 63.2 cm³/mol. The van der Waals surface area contributed by atoms with Crippen molar-refractivity contribution in [3.63, 3.8) is 0 Å². The quantitative estimate of drug-likeness (QED) is 0.583. The van der Waals surface area contributed by atoms with Gasteiger partial charge < -0.3 is 10.6 Å². The van der Waals surface area contributed by atoms with Crippen LogP contribution in [0.25, 0.3) is 0 Å². The molecule has 0 aromatic carbocycles. The summed E-state index contributed by atoms with van der Waals surface area (Å²) < 4.78 is 0. The fourth-order valence-corrected chi connectivity index (χ4v) is 1.67. The summed E-state index contributed by atoms with van der Waals surface area (Å²) in [7, 11) is 1.98. The number of rotatable bonds is 7. The second kappa shape index (κ2) is 6.58. The summed E-state index contributed by atoms with van der Waals surface area (Å²) in [5.74, 6) is 0. The Labute approximate surface area is 91.8 Å².